The molecule has 4 rings (SSSR count). The van der Waals surface area contributed by atoms with Gasteiger partial charge < -0.3 is 0 Å². The van der Waals surface area contributed by atoms with Gasteiger partial charge in [-0.1, -0.05) is 32.5 Å². The number of hydrogen-bond acceptors (Lipinski definition) is 3. The average molecular weight is 410 g/mol. The number of thiol groups is 3. The summed E-state index contributed by atoms with van der Waals surface area (Å²) in [5.74, 6) is 5.75. The number of hydrogen-bond donors (Lipinski definition) is 3. The first-order chi connectivity index (χ1) is 12.5. The van der Waals surface area contributed by atoms with Crippen molar-refractivity contribution in [1.82, 2.24) is 0 Å². The van der Waals surface area contributed by atoms with E-state index in [2.05, 4.69) is 26.8 Å². The van der Waals surface area contributed by atoms with Crippen molar-refractivity contribution in [3.8, 4) is 0 Å². The molecule has 0 spiro atoms. The smallest absolute Gasteiger partial charge is 0.126 e. The van der Waals surface area contributed by atoms with Crippen LogP contribution in [0.2, 0.25) is 6.32 Å². The quantitative estimate of drug-likeness (QED) is 0.340. The molecule has 4 aliphatic rings. The largest absolute Gasteiger partial charge is 0.185 e. The van der Waals surface area contributed by atoms with Gasteiger partial charge in [0.1, 0.15) is 7.28 Å². The first kappa shape index (κ1) is 20.4. The Kier molecular flexibility index (Phi) is 6.64. The predicted molar refractivity (Wildman–Crippen MR) is 125 cm³/mol. The van der Waals surface area contributed by atoms with Crippen LogP contribution in [0.15, 0.2) is 0 Å². The molecule has 4 heteroatoms. The molecule has 0 heterocycles. The van der Waals surface area contributed by atoms with Gasteiger partial charge in [-0.25, -0.2) is 0 Å². The van der Waals surface area contributed by atoms with Gasteiger partial charge in [0.25, 0.3) is 0 Å². The molecule has 9 atom stereocenters. The van der Waals surface area contributed by atoms with E-state index in [0.29, 0.717) is 16.3 Å². The second-order valence-corrected chi connectivity index (χ2v) is 12.4. The maximum Gasteiger partial charge on any atom is 0.126 e. The molecule has 0 amide bonds. The lowest BCUT2D eigenvalue weighted by Gasteiger charge is -2.55. The summed E-state index contributed by atoms with van der Waals surface area (Å²) in [7, 11) is 2.34. The molecular formula is C22H38BS3. The van der Waals surface area contributed by atoms with Gasteiger partial charge in [0, 0.05) is 10.00 Å². The molecule has 0 aliphatic heterocycles. The van der Waals surface area contributed by atoms with E-state index in [-0.39, 0.29) is 4.75 Å². The molecule has 4 saturated carbocycles. The summed E-state index contributed by atoms with van der Waals surface area (Å²) in [5.41, 5.74) is 0. The number of rotatable bonds is 5. The van der Waals surface area contributed by atoms with Gasteiger partial charge in [-0.05, 0) is 92.0 Å². The van der Waals surface area contributed by atoms with Crippen LogP contribution in [-0.4, -0.2) is 22.4 Å². The third-order valence-corrected chi connectivity index (χ3v) is 10.6. The zero-order valence-electron chi connectivity index (χ0n) is 16.5. The van der Waals surface area contributed by atoms with Crippen molar-refractivity contribution in [3.63, 3.8) is 0 Å². The first-order valence-electron chi connectivity index (χ1n) is 11.4. The van der Waals surface area contributed by atoms with E-state index in [0.717, 1.165) is 35.9 Å². The molecule has 0 aromatic rings. The standard InChI is InChI=1S/C22H38BS3/c1-14(24)23-13-11-21(25)20-9-8-19-18-7-6-15-4-2-3-5-16(15)17(18)10-12-22(19,20)26/h14-21,24-26H,2-13H2,1H3. The summed E-state index contributed by atoms with van der Waals surface area (Å²) < 4.78 is 0.279. The Morgan fingerprint density at radius 2 is 1.73 bits per heavy atom. The van der Waals surface area contributed by atoms with Crippen LogP contribution in [0, 0.1) is 35.5 Å². The van der Waals surface area contributed by atoms with Gasteiger partial charge in [0.15, 0.2) is 0 Å². The van der Waals surface area contributed by atoms with E-state index in [1.807, 2.05) is 0 Å². The summed E-state index contributed by atoms with van der Waals surface area (Å²) in [6, 6.07) is 0. The molecule has 4 fully saturated rings. The molecule has 9 unspecified atom stereocenters. The topological polar surface area (TPSA) is 0 Å². The Morgan fingerprint density at radius 1 is 0.923 bits per heavy atom. The first-order valence-corrected chi connectivity index (χ1v) is 12.9. The zero-order chi connectivity index (χ0) is 18.3. The van der Waals surface area contributed by atoms with Crippen molar-refractivity contribution in [3.05, 3.63) is 0 Å². The third kappa shape index (κ3) is 3.79. The fraction of sp³-hybridized carbons (Fsp3) is 1.00. The minimum atomic E-state index is 0.279. The molecule has 147 valence electrons. The monoisotopic (exact) mass is 409 g/mol. The molecule has 0 nitrogen and oxygen atoms in total. The van der Waals surface area contributed by atoms with Crippen molar-refractivity contribution < 1.29 is 0 Å². The fourth-order valence-electron chi connectivity index (χ4n) is 7.75. The van der Waals surface area contributed by atoms with E-state index in [1.54, 1.807) is 0 Å². The summed E-state index contributed by atoms with van der Waals surface area (Å²) >= 11 is 15.1. The van der Waals surface area contributed by atoms with Crippen LogP contribution in [0.5, 0.6) is 0 Å². The van der Waals surface area contributed by atoms with E-state index >= 15 is 0 Å². The Hall–Kier alpha value is 1.11. The molecule has 1 radical (unpaired) electrons. The minimum absolute atomic E-state index is 0.279. The zero-order valence-corrected chi connectivity index (χ0v) is 19.2. The van der Waals surface area contributed by atoms with Crippen molar-refractivity contribution in [2.24, 2.45) is 35.5 Å². The Morgan fingerprint density at radius 3 is 2.54 bits per heavy atom. The van der Waals surface area contributed by atoms with Crippen LogP contribution in [0.3, 0.4) is 0 Å². The molecular weight excluding hydrogens is 371 g/mol. The maximum atomic E-state index is 5.47. The summed E-state index contributed by atoms with van der Waals surface area (Å²) in [6.07, 6.45) is 17.1. The van der Waals surface area contributed by atoms with Crippen LogP contribution in [0.4, 0.5) is 0 Å². The SMILES string of the molecule is CC(S)[B]CCC(S)C1CCC2C3CCC4CCCCC4C3CCC12S. The van der Waals surface area contributed by atoms with Crippen molar-refractivity contribution in [2.75, 3.05) is 0 Å². The Labute approximate surface area is 179 Å². The Bertz CT molecular complexity index is 484. The highest BCUT2D eigenvalue weighted by atomic mass is 32.1. The second kappa shape index (κ2) is 8.46. The third-order valence-electron chi connectivity index (χ3n) is 8.84. The lowest BCUT2D eigenvalue weighted by Crippen LogP contribution is -2.51. The Balaban J connectivity index is 1.42. The van der Waals surface area contributed by atoms with Gasteiger partial charge in [-0.15, -0.1) is 0 Å². The second-order valence-electron chi connectivity index (χ2n) is 10.1. The summed E-state index contributed by atoms with van der Waals surface area (Å²) in [6.45, 7) is 2.16. The number of fused-ring (bicyclic) bond motifs is 5. The van der Waals surface area contributed by atoms with Crippen molar-refractivity contribution in [1.29, 1.82) is 0 Å². The molecule has 0 aromatic heterocycles. The average Bonchev–Trinajstić information content (AvgIpc) is 2.98. The minimum Gasteiger partial charge on any atom is -0.185 e. The van der Waals surface area contributed by atoms with Gasteiger partial charge >= 0.3 is 0 Å². The van der Waals surface area contributed by atoms with Crippen LogP contribution in [-0.2, 0) is 0 Å². The van der Waals surface area contributed by atoms with Crippen LogP contribution >= 0.6 is 37.9 Å². The highest BCUT2D eigenvalue weighted by molar-refractivity contribution is 7.82. The van der Waals surface area contributed by atoms with Gasteiger partial charge in [0.2, 0.25) is 0 Å². The van der Waals surface area contributed by atoms with Crippen molar-refractivity contribution >= 4 is 45.2 Å². The van der Waals surface area contributed by atoms with Gasteiger partial charge in [-0.3, -0.25) is 0 Å². The highest BCUT2D eigenvalue weighted by Gasteiger charge is 2.58. The molecule has 0 saturated heterocycles. The van der Waals surface area contributed by atoms with Gasteiger partial charge in [0.05, 0.1) is 0 Å². The molecule has 4 aliphatic carbocycles. The van der Waals surface area contributed by atoms with E-state index in [1.165, 1.54) is 70.6 Å². The predicted octanol–water partition coefficient (Wildman–Crippen LogP) is 6.39. The lowest BCUT2D eigenvalue weighted by atomic mass is 9.53. The summed E-state index contributed by atoms with van der Waals surface area (Å²) in [5, 5.41) is 0.918. The molecule has 26 heavy (non-hydrogen) atoms. The van der Waals surface area contributed by atoms with Crippen LogP contribution in [0.1, 0.15) is 77.6 Å². The molecule has 0 aromatic carbocycles. The van der Waals surface area contributed by atoms with E-state index in [9.17, 15) is 0 Å². The fourth-order valence-corrected chi connectivity index (χ4v) is 9.34. The molecule has 0 bridgehead atoms. The van der Waals surface area contributed by atoms with Gasteiger partial charge in [-0.2, -0.15) is 37.9 Å². The van der Waals surface area contributed by atoms with Crippen LogP contribution < -0.4 is 0 Å². The normalized spacial score (nSPS) is 47.4. The van der Waals surface area contributed by atoms with Crippen molar-refractivity contribution in [2.45, 2.75) is 99.0 Å². The lowest BCUT2D eigenvalue weighted by molar-refractivity contribution is -0.0147. The van der Waals surface area contributed by atoms with E-state index in [4.69, 9.17) is 25.3 Å². The van der Waals surface area contributed by atoms with Crippen LogP contribution in [0.25, 0.3) is 0 Å². The van der Waals surface area contributed by atoms with E-state index < -0.39 is 0 Å². The maximum absolute atomic E-state index is 5.47. The summed E-state index contributed by atoms with van der Waals surface area (Å²) in [4.78, 5) is 0. The highest BCUT2D eigenvalue weighted by Crippen LogP contribution is 2.63. The molecule has 0 N–H and O–H groups in total.